The lowest BCUT2D eigenvalue weighted by Crippen LogP contribution is -1.74. The van der Waals surface area contributed by atoms with Gasteiger partial charge in [-0.3, -0.25) is 0 Å². The molecule has 0 N–H and O–H groups in total. The van der Waals surface area contributed by atoms with E-state index in [1.807, 2.05) is 13.8 Å². The Morgan fingerprint density at radius 1 is 0.800 bits per heavy atom. The summed E-state index contributed by atoms with van der Waals surface area (Å²) in [5.41, 5.74) is 2.67. The molecule has 0 aliphatic carbocycles. The van der Waals surface area contributed by atoms with Crippen LogP contribution >= 0.6 is 0 Å². The summed E-state index contributed by atoms with van der Waals surface area (Å²) in [6, 6.07) is 0. The SMILES string of the molecule is C\C=C/C(C)=C(C)/C=C\C. The fourth-order valence-electron chi connectivity index (χ4n) is 0.763. The fourth-order valence-corrected chi connectivity index (χ4v) is 0.763. The number of rotatable bonds is 2. The second kappa shape index (κ2) is 5.04. The molecule has 0 unspecified atom stereocenters. The van der Waals surface area contributed by atoms with Crippen molar-refractivity contribution >= 4 is 0 Å². The third-order valence-corrected chi connectivity index (χ3v) is 1.46. The standard InChI is InChI=1S/C10H16/c1-5-7-9(3)10(4)8-6-2/h5-8H,1-4H3/b7-5-,8-6-,10-9+. The number of allylic oxidation sites excluding steroid dienone is 6. The molecule has 56 valence electrons. The molecule has 0 spiro atoms. The quantitative estimate of drug-likeness (QED) is 0.510. The van der Waals surface area contributed by atoms with Gasteiger partial charge in [-0.15, -0.1) is 0 Å². The summed E-state index contributed by atoms with van der Waals surface area (Å²) < 4.78 is 0. The molecule has 0 nitrogen and oxygen atoms in total. The second-order valence-corrected chi connectivity index (χ2v) is 2.37. The highest BCUT2D eigenvalue weighted by Crippen LogP contribution is 2.05. The molecule has 0 aliphatic rings. The van der Waals surface area contributed by atoms with Crippen molar-refractivity contribution < 1.29 is 0 Å². The van der Waals surface area contributed by atoms with Gasteiger partial charge in [-0.05, 0) is 38.8 Å². The van der Waals surface area contributed by atoms with Crippen LogP contribution in [0.1, 0.15) is 27.7 Å². The van der Waals surface area contributed by atoms with Crippen LogP contribution in [0.5, 0.6) is 0 Å². The summed E-state index contributed by atoms with van der Waals surface area (Å²) in [4.78, 5) is 0. The normalized spacial score (nSPS) is 14.8. The molecule has 0 fully saturated rings. The van der Waals surface area contributed by atoms with Crippen LogP contribution in [0.25, 0.3) is 0 Å². The largest absolute Gasteiger partial charge is 0.0874 e. The van der Waals surface area contributed by atoms with Crippen LogP contribution < -0.4 is 0 Å². The minimum absolute atomic E-state index is 1.33. The Morgan fingerprint density at radius 2 is 1.10 bits per heavy atom. The van der Waals surface area contributed by atoms with Crippen molar-refractivity contribution in [1.29, 1.82) is 0 Å². The zero-order chi connectivity index (χ0) is 7.98. The van der Waals surface area contributed by atoms with Gasteiger partial charge in [0, 0.05) is 0 Å². The van der Waals surface area contributed by atoms with Gasteiger partial charge in [0.05, 0.1) is 0 Å². The summed E-state index contributed by atoms with van der Waals surface area (Å²) in [7, 11) is 0. The van der Waals surface area contributed by atoms with Gasteiger partial charge in [-0.25, -0.2) is 0 Å². The van der Waals surface area contributed by atoms with Crippen molar-refractivity contribution in [3.05, 3.63) is 35.5 Å². The molecule has 0 radical (unpaired) electrons. The minimum atomic E-state index is 1.33. The van der Waals surface area contributed by atoms with Crippen molar-refractivity contribution in [1.82, 2.24) is 0 Å². The summed E-state index contributed by atoms with van der Waals surface area (Å²) >= 11 is 0. The van der Waals surface area contributed by atoms with Gasteiger partial charge >= 0.3 is 0 Å². The summed E-state index contributed by atoms with van der Waals surface area (Å²) in [5.74, 6) is 0. The van der Waals surface area contributed by atoms with Crippen molar-refractivity contribution in [2.24, 2.45) is 0 Å². The van der Waals surface area contributed by atoms with E-state index < -0.39 is 0 Å². The molecule has 0 aliphatic heterocycles. The Labute approximate surface area is 64.0 Å². The molecule has 0 rings (SSSR count). The maximum atomic E-state index is 2.12. The Hall–Kier alpha value is -0.780. The Balaban J connectivity index is 4.33. The molecule has 0 heteroatoms. The first kappa shape index (κ1) is 9.22. The van der Waals surface area contributed by atoms with Crippen LogP contribution in [0.2, 0.25) is 0 Å². The average Bonchev–Trinajstić information content (AvgIpc) is 1.89. The second-order valence-electron chi connectivity index (χ2n) is 2.37. The van der Waals surface area contributed by atoms with E-state index in [4.69, 9.17) is 0 Å². The first-order chi connectivity index (χ1) is 4.72. The molecule has 10 heavy (non-hydrogen) atoms. The molecule has 0 aromatic rings. The van der Waals surface area contributed by atoms with E-state index in [0.29, 0.717) is 0 Å². The van der Waals surface area contributed by atoms with Gasteiger partial charge in [-0.2, -0.15) is 0 Å². The molecule has 0 aromatic carbocycles. The van der Waals surface area contributed by atoms with Crippen LogP contribution in [-0.2, 0) is 0 Å². The van der Waals surface area contributed by atoms with Gasteiger partial charge in [0.1, 0.15) is 0 Å². The zero-order valence-corrected chi connectivity index (χ0v) is 7.31. The van der Waals surface area contributed by atoms with Crippen molar-refractivity contribution in [2.75, 3.05) is 0 Å². The van der Waals surface area contributed by atoms with Gasteiger partial charge in [0.15, 0.2) is 0 Å². The van der Waals surface area contributed by atoms with Crippen LogP contribution in [0, 0.1) is 0 Å². The van der Waals surface area contributed by atoms with Gasteiger partial charge < -0.3 is 0 Å². The molecule has 0 bridgehead atoms. The van der Waals surface area contributed by atoms with Crippen molar-refractivity contribution in [3.63, 3.8) is 0 Å². The summed E-state index contributed by atoms with van der Waals surface area (Å²) in [6.45, 7) is 8.31. The molecule has 0 saturated carbocycles. The highest BCUT2D eigenvalue weighted by Gasteiger charge is 1.84. The molecule has 0 amide bonds. The predicted molar refractivity (Wildman–Crippen MR) is 48.0 cm³/mol. The zero-order valence-electron chi connectivity index (χ0n) is 7.31. The lowest BCUT2D eigenvalue weighted by atomic mass is 10.1. The summed E-state index contributed by atoms with van der Waals surface area (Å²) in [6.07, 6.45) is 8.36. The topological polar surface area (TPSA) is 0 Å². The maximum absolute atomic E-state index is 2.12. The lowest BCUT2D eigenvalue weighted by Gasteiger charge is -1.94. The smallest absolute Gasteiger partial charge is 0.0395 e. The highest BCUT2D eigenvalue weighted by molar-refractivity contribution is 5.29. The van der Waals surface area contributed by atoms with E-state index in [1.165, 1.54) is 11.1 Å². The molecular formula is C10H16. The van der Waals surface area contributed by atoms with E-state index >= 15 is 0 Å². The fraction of sp³-hybridized carbons (Fsp3) is 0.400. The molecule has 0 saturated heterocycles. The number of hydrogen-bond acceptors (Lipinski definition) is 0. The van der Waals surface area contributed by atoms with E-state index in [2.05, 4.69) is 38.2 Å². The van der Waals surface area contributed by atoms with Gasteiger partial charge in [0.25, 0.3) is 0 Å². The predicted octanol–water partition coefficient (Wildman–Crippen LogP) is 3.48. The van der Waals surface area contributed by atoms with Crippen LogP contribution in [0.4, 0.5) is 0 Å². The highest BCUT2D eigenvalue weighted by atomic mass is 13.9. The third kappa shape index (κ3) is 3.29. The van der Waals surface area contributed by atoms with Gasteiger partial charge in [0.2, 0.25) is 0 Å². The van der Waals surface area contributed by atoms with E-state index in [-0.39, 0.29) is 0 Å². The van der Waals surface area contributed by atoms with Crippen LogP contribution in [-0.4, -0.2) is 0 Å². The molecule has 0 atom stereocenters. The Bertz CT molecular complexity index is 148. The van der Waals surface area contributed by atoms with E-state index in [0.717, 1.165) is 0 Å². The molecular weight excluding hydrogens is 120 g/mol. The molecule has 0 heterocycles. The summed E-state index contributed by atoms with van der Waals surface area (Å²) in [5, 5.41) is 0. The Morgan fingerprint density at radius 3 is 1.30 bits per heavy atom. The molecule has 0 aromatic heterocycles. The van der Waals surface area contributed by atoms with E-state index in [9.17, 15) is 0 Å². The Kier molecular flexibility index (Phi) is 4.65. The third-order valence-electron chi connectivity index (χ3n) is 1.46. The lowest BCUT2D eigenvalue weighted by molar-refractivity contribution is 1.36. The van der Waals surface area contributed by atoms with Crippen LogP contribution in [0.3, 0.4) is 0 Å². The average molecular weight is 136 g/mol. The van der Waals surface area contributed by atoms with E-state index in [1.54, 1.807) is 0 Å². The number of hydrogen-bond donors (Lipinski definition) is 0. The first-order valence-corrected chi connectivity index (χ1v) is 3.65. The minimum Gasteiger partial charge on any atom is -0.0874 e. The first-order valence-electron chi connectivity index (χ1n) is 3.65. The van der Waals surface area contributed by atoms with Crippen LogP contribution in [0.15, 0.2) is 35.5 Å². The van der Waals surface area contributed by atoms with Crippen molar-refractivity contribution in [3.8, 4) is 0 Å². The maximum Gasteiger partial charge on any atom is -0.0395 e. The van der Waals surface area contributed by atoms with Crippen molar-refractivity contribution in [2.45, 2.75) is 27.7 Å². The monoisotopic (exact) mass is 136 g/mol. The van der Waals surface area contributed by atoms with Gasteiger partial charge in [-0.1, -0.05) is 24.3 Å².